The lowest BCUT2D eigenvalue weighted by Crippen LogP contribution is -2.14. The smallest absolute Gasteiger partial charge is 0.216 e. The van der Waals surface area contributed by atoms with Gasteiger partial charge in [0.1, 0.15) is 5.82 Å². The first-order chi connectivity index (χ1) is 14.1. The van der Waals surface area contributed by atoms with Gasteiger partial charge in [-0.15, -0.1) is 11.3 Å². The van der Waals surface area contributed by atoms with E-state index in [4.69, 9.17) is 4.74 Å². The minimum absolute atomic E-state index is 0.227. The molecule has 0 amide bonds. The molecule has 4 aromatic rings. The number of nitrogens with zero attached hydrogens (tertiary/aromatic N) is 2. The summed E-state index contributed by atoms with van der Waals surface area (Å²) in [6.07, 6.45) is 2.63. The van der Waals surface area contributed by atoms with Crippen LogP contribution in [0.1, 0.15) is 12.5 Å². The first kappa shape index (κ1) is 19.3. The molecule has 0 bridgehead atoms. The largest absolute Gasteiger partial charge is 0.481 e. The number of ether oxygens (including phenoxy) is 1. The SMILES string of the molecule is COc1nc(-c2ccc3cccc(F)c3c2)ccc1CC(C)CNc1nccs1. The van der Waals surface area contributed by atoms with Crippen LogP contribution < -0.4 is 10.1 Å². The number of methoxy groups -OCH3 is 1. The normalized spacial score (nSPS) is 12.1. The highest BCUT2D eigenvalue weighted by Crippen LogP contribution is 2.28. The van der Waals surface area contributed by atoms with Gasteiger partial charge in [0.05, 0.1) is 12.8 Å². The van der Waals surface area contributed by atoms with E-state index in [-0.39, 0.29) is 5.82 Å². The summed E-state index contributed by atoms with van der Waals surface area (Å²) in [4.78, 5) is 8.93. The van der Waals surface area contributed by atoms with E-state index >= 15 is 0 Å². The average Bonchev–Trinajstić information content (AvgIpc) is 3.26. The van der Waals surface area contributed by atoms with Gasteiger partial charge in [-0.3, -0.25) is 0 Å². The predicted octanol–water partition coefficient (Wildman–Crippen LogP) is 5.80. The number of fused-ring (bicyclic) bond motifs is 1. The van der Waals surface area contributed by atoms with Crippen LogP contribution in [0, 0.1) is 11.7 Å². The van der Waals surface area contributed by atoms with E-state index in [1.54, 1.807) is 30.7 Å². The van der Waals surface area contributed by atoms with Crippen LogP contribution in [0.25, 0.3) is 22.0 Å². The molecule has 2 heterocycles. The Balaban J connectivity index is 1.54. The van der Waals surface area contributed by atoms with Gasteiger partial charge in [-0.25, -0.2) is 14.4 Å². The van der Waals surface area contributed by atoms with E-state index < -0.39 is 0 Å². The molecule has 29 heavy (non-hydrogen) atoms. The Labute approximate surface area is 173 Å². The molecule has 0 aliphatic heterocycles. The number of hydrogen-bond acceptors (Lipinski definition) is 5. The van der Waals surface area contributed by atoms with Gasteiger partial charge in [0.15, 0.2) is 5.13 Å². The van der Waals surface area contributed by atoms with Crippen molar-refractivity contribution in [1.29, 1.82) is 0 Å². The molecule has 148 valence electrons. The second-order valence-electron chi connectivity index (χ2n) is 7.07. The molecule has 4 nitrogen and oxygen atoms in total. The van der Waals surface area contributed by atoms with Crippen LogP contribution in [-0.2, 0) is 6.42 Å². The van der Waals surface area contributed by atoms with Gasteiger partial charge >= 0.3 is 0 Å². The molecule has 0 spiro atoms. The lowest BCUT2D eigenvalue weighted by molar-refractivity contribution is 0.390. The second-order valence-corrected chi connectivity index (χ2v) is 7.96. The van der Waals surface area contributed by atoms with Crippen LogP contribution in [0.2, 0.25) is 0 Å². The summed E-state index contributed by atoms with van der Waals surface area (Å²) in [7, 11) is 1.63. The van der Waals surface area contributed by atoms with Gasteiger partial charge in [-0.1, -0.05) is 37.3 Å². The monoisotopic (exact) mass is 407 g/mol. The molecule has 1 unspecified atom stereocenters. The summed E-state index contributed by atoms with van der Waals surface area (Å²) >= 11 is 1.59. The van der Waals surface area contributed by atoms with Crippen molar-refractivity contribution < 1.29 is 9.13 Å². The number of aromatic nitrogens is 2. The maximum atomic E-state index is 14.2. The molecule has 2 aromatic carbocycles. The zero-order valence-electron chi connectivity index (χ0n) is 16.4. The number of nitrogens with one attached hydrogen (secondary N) is 1. The van der Waals surface area contributed by atoms with Crippen LogP contribution in [0.5, 0.6) is 5.88 Å². The number of benzene rings is 2. The Morgan fingerprint density at radius 1 is 1.17 bits per heavy atom. The van der Waals surface area contributed by atoms with Gasteiger partial charge in [-0.2, -0.15) is 0 Å². The van der Waals surface area contributed by atoms with Crippen LogP contribution in [0.15, 0.2) is 60.1 Å². The molecule has 0 saturated carbocycles. The molecule has 2 aromatic heterocycles. The summed E-state index contributed by atoms with van der Waals surface area (Å²) in [6.45, 7) is 3.00. The van der Waals surface area contributed by atoms with E-state index in [0.29, 0.717) is 17.2 Å². The first-order valence-electron chi connectivity index (χ1n) is 9.50. The quantitative estimate of drug-likeness (QED) is 0.421. The summed E-state index contributed by atoms with van der Waals surface area (Å²) in [5.74, 6) is 0.766. The third-order valence-electron chi connectivity index (χ3n) is 4.86. The van der Waals surface area contributed by atoms with Gasteiger partial charge in [-0.05, 0) is 35.9 Å². The van der Waals surface area contributed by atoms with Crippen molar-refractivity contribution >= 4 is 27.2 Å². The van der Waals surface area contributed by atoms with Crippen molar-refractivity contribution in [3.63, 3.8) is 0 Å². The molecule has 0 radical (unpaired) electrons. The molecule has 6 heteroatoms. The van der Waals surface area contributed by atoms with Gasteiger partial charge in [0, 0.05) is 34.6 Å². The third-order valence-corrected chi connectivity index (χ3v) is 5.59. The molecule has 0 aliphatic rings. The van der Waals surface area contributed by atoms with Crippen molar-refractivity contribution in [2.75, 3.05) is 19.0 Å². The standard InChI is InChI=1S/C23H22FN3OS/c1-15(14-26-23-25-10-11-29-23)12-18-8-9-21(27-22(18)28-2)17-7-6-16-4-3-5-20(24)19(16)13-17/h3-11,13,15H,12,14H2,1-2H3,(H,25,26). The minimum atomic E-state index is -0.227. The summed E-state index contributed by atoms with van der Waals surface area (Å²) in [6, 6.07) is 14.8. The van der Waals surface area contributed by atoms with E-state index in [1.165, 1.54) is 6.07 Å². The fourth-order valence-electron chi connectivity index (χ4n) is 3.38. The molecular weight excluding hydrogens is 385 g/mol. The highest BCUT2D eigenvalue weighted by atomic mass is 32.1. The Bertz CT molecular complexity index is 1110. The molecule has 0 aliphatic carbocycles. The molecule has 4 rings (SSSR count). The van der Waals surface area contributed by atoms with Crippen molar-refractivity contribution in [3.05, 3.63) is 71.5 Å². The molecule has 0 fully saturated rings. The average molecular weight is 408 g/mol. The minimum Gasteiger partial charge on any atom is -0.481 e. The molecular formula is C23H22FN3OS. The number of pyridine rings is 1. The number of rotatable bonds is 7. The summed E-state index contributed by atoms with van der Waals surface area (Å²) in [5, 5.41) is 7.71. The lowest BCUT2D eigenvalue weighted by atomic mass is 10.00. The Morgan fingerprint density at radius 2 is 2.07 bits per heavy atom. The zero-order chi connectivity index (χ0) is 20.2. The van der Waals surface area contributed by atoms with Crippen LogP contribution >= 0.6 is 11.3 Å². The topological polar surface area (TPSA) is 47.0 Å². The first-order valence-corrected chi connectivity index (χ1v) is 10.4. The lowest BCUT2D eigenvalue weighted by Gasteiger charge is -2.15. The molecule has 1 atom stereocenters. The van der Waals surface area contributed by atoms with Crippen LogP contribution in [-0.4, -0.2) is 23.6 Å². The van der Waals surface area contributed by atoms with E-state index in [9.17, 15) is 4.39 Å². The van der Waals surface area contributed by atoms with Crippen molar-refractivity contribution in [3.8, 4) is 17.1 Å². The number of halogens is 1. The number of hydrogen-bond donors (Lipinski definition) is 1. The molecule has 0 saturated heterocycles. The fraction of sp³-hybridized carbons (Fsp3) is 0.217. The van der Waals surface area contributed by atoms with Gasteiger partial charge in [0.25, 0.3) is 0 Å². The third kappa shape index (κ3) is 4.38. The van der Waals surface area contributed by atoms with E-state index in [1.807, 2.05) is 41.8 Å². The summed E-state index contributed by atoms with van der Waals surface area (Å²) in [5.41, 5.74) is 2.69. The van der Waals surface area contributed by atoms with E-state index in [0.717, 1.165) is 40.3 Å². The summed E-state index contributed by atoms with van der Waals surface area (Å²) < 4.78 is 19.7. The zero-order valence-corrected chi connectivity index (χ0v) is 17.2. The second kappa shape index (κ2) is 8.57. The van der Waals surface area contributed by atoms with Gasteiger partial charge < -0.3 is 10.1 Å². The maximum Gasteiger partial charge on any atom is 0.216 e. The highest BCUT2D eigenvalue weighted by molar-refractivity contribution is 7.13. The highest BCUT2D eigenvalue weighted by Gasteiger charge is 2.13. The van der Waals surface area contributed by atoms with Crippen molar-refractivity contribution in [2.24, 2.45) is 5.92 Å². The molecule has 1 N–H and O–H groups in total. The van der Waals surface area contributed by atoms with E-state index in [2.05, 4.69) is 22.2 Å². The Kier molecular flexibility index (Phi) is 5.71. The van der Waals surface area contributed by atoms with Crippen molar-refractivity contribution in [2.45, 2.75) is 13.3 Å². The van der Waals surface area contributed by atoms with Crippen LogP contribution in [0.3, 0.4) is 0 Å². The van der Waals surface area contributed by atoms with Gasteiger partial charge in [0.2, 0.25) is 5.88 Å². The van der Waals surface area contributed by atoms with Crippen molar-refractivity contribution in [1.82, 2.24) is 9.97 Å². The van der Waals surface area contributed by atoms with Crippen LogP contribution in [0.4, 0.5) is 9.52 Å². The Morgan fingerprint density at radius 3 is 2.86 bits per heavy atom. The maximum absolute atomic E-state index is 14.2. The number of thiazole rings is 1. The Hall–Kier alpha value is -2.99. The fourth-order valence-corrected chi connectivity index (χ4v) is 3.91. The number of anilines is 1. The predicted molar refractivity (Wildman–Crippen MR) is 117 cm³/mol.